The first kappa shape index (κ1) is 17.2. The lowest BCUT2D eigenvalue weighted by atomic mass is 10.1. The number of likely N-dealkylation sites (tertiary alicyclic amines) is 1. The summed E-state index contributed by atoms with van der Waals surface area (Å²) in [6, 6.07) is 9.48. The van der Waals surface area contributed by atoms with E-state index in [2.05, 4.69) is 10.4 Å². The van der Waals surface area contributed by atoms with Crippen molar-refractivity contribution < 1.29 is 9.59 Å². The molecule has 1 aromatic carbocycles. The summed E-state index contributed by atoms with van der Waals surface area (Å²) in [6.07, 6.45) is 6.40. The lowest BCUT2D eigenvalue weighted by Crippen LogP contribution is -2.39. The number of hydrogen-bond acceptors (Lipinski definition) is 3. The molecular formula is C19H24N4O2. The van der Waals surface area contributed by atoms with E-state index < -0.39 is 0 Å². The highest BCUT2D eigenvalue weighted by molar-refractivity contribution is 5.94. The van der Waals surface area contributed by atoms with Gasteiger partial charge in [-0.15, -0.1) is 0 Å². The lowest BCUT2D eigenvalue weighted by molar-refractivity contribution is -0.135. The van der Waals surface area contributed by atoms with Crippen LogP contribution in [0.1, 0.15) is 37.8 Å². The number of rotatable bonds is 4. The Labute approximate surface area is 147 Å². The zero-order valence-electron chi connectivity index (χ0n) is 14.6. The largest absolute Gasteiger partial charge is 0.333 e. The fourth-order valence-corrected chi connectivity index (χ4v) is 3.11. The molecule has 2 aromatic rings. The quantitative estimate of drug-likeness (QED) is 0.930. The number of anilines is 1. The molecule has 0 saturated carbocycles. The van der Waals surface area contributed by atoms with Gasteiger partial charge in [0.1, 0.15) is 0 Å². The summed E-state index contributed by atoms with van der Waals surface area (Å²) in [4.78, 5) is 26.2. The van der Waals surface area contributed by atoms with Crippen molar-refractivity contribution in [3.05, 3.63) is 42.2 Å². The first-order chi connectivity index (χ1) is 12.1. The van der Waals surface area contributed by atoms with Crippen LogP contribution in [-0.2, 0) is 9.59 Å². The third-order valence-corrected chi connectivity index (χ3v) is 4.46. The number of nitrogens with one attached hydrogen (secondary N) is 1. The summed E-state index contributed by atoms with van der Waals surface area (Å²) in [5.74, 6) is -0.0842. The van der Waals surface area contributed by atoms with E-state index in [0.29, 0.717) is 18.7 Å². The van der Waals surface area contributed by atoms with E-state index in [0.717, 1.165) is 37.1 Å². The molecule has 2 amide bonds. The smallest absolute Gasteiger partial charge is 0.243 e. The Bertz CT molecular complexity index is 753. The molecule has 0 aliphatic carbocycles. The topological polar surface area (TPSA) is 67.2 Å². The maximum absolute atomic E-state index is 12.4. The minimum absolute atomic E-state index is 0.0794. The average molecular weight is 340 g/mol. The van der Waals surface area contributed by atoms with Crippen LogP contribution < -0.4 is 5.32 Å². The maximum atomic E-state index is 12.4. The predicted octanol–water partition coefficient (Wildman–Crippen LogP) is 2.91. The van der Waals surface area contributed by atoms with Crippen molar-refractivity contribution in [1.29, 1.82) is 0 Å². The van der Waals surface area contributed by atoms with Gasteiger partial charge in [-0.25, -0.2) is 4.68 Å². The fraction of sp³-hybridized carbons (Fsp3) is 0.421. The van der Waals surface area contributed by atoms with Gasteiger partial charge in [-0.3, -0.25) is 9.59 Å². The van der Waals surface area contributed by atoms with Crippen molar-refractivity contribution in [2.45, 2.75) is 39.0 Å². The monoisotopic (exact) mass is 340 g/mol. The number of benzene rings is 1. The van der Waals surface area contributed by atoms with E-state index in [4.69, 9.17) is 0 Å². The van der Waals surface area contributed by atoms with Crippen LogP contribution in [0.25, 0.3) is 5.69 Å². The summed E-state index contributed by atoms with van der Waals surface area (Å²) < 4.78 is 1.82. The fourth-order valence-electron chi connectivity index (χ4n) is 3.11. The minimum atomic E-state index is -0.164. The molecule has 0 spiro atoms. The molecule has 1 fully saturated rings. The number of hydrogen-bond donors (Lipinski definition) is 1. The van der Waals surface area contributed by atoms with E-state index >= 15 is 0 Å². The van der Waals surface area contributed by atoms with E-state index in [-0.39, 0.29) is 18.4 Å². The Balaban J connectivity index is 1.64. The Morgan fingerprint density at radius 3 is 2.84 bits per heavy atom. The van der Waals surface area contributed by atoms with Crippen molar-refractivity contribution in [2.24, 2.45) is 0 Å². The molecule has 1 aliphatic heterocycles. The Morgan fingerprint density at radius 1 is 1.20 bits per heavy atom. The first-order valence-electron chi connectivity index (χ1n) is 8.82. The summed E-state index contributed by atoms with van der Waals surface area (Å²) in [6.45, 7) is 2.76. The van der Waals surface area contributed by atoms with Crippen LogP contribution in [-0.4, -0.2) is 39.6 Å². The van der Waals surface area contributed by atoms with Gasteiger partial charge in [0, 0.05) is 30.5 Å². The van der Waals surface area contributed by atoms with Gasteiger partial charge in [-0.1, -0.05) is 18.9 Å². The molecule has 1 aromatic heterocycles. The number of nitrogens with zero attached hydrogens (tertiary/aromatic N) is 3. The first-order valence-corrected chi connectivity index (χ1v) is 8.82. The van der Waals surface area contributed by atoms with E-state index in [9.17, 15) is 9.59 Å². The molecule has 1 aliphatic rings. The van der Waals surface area contributed by atoms with Crippen molar-refractivity contribution in [2.75, 3.05) is 18.4 Å². The second-order valence-electron chi connectivity index (χ2n) is 6.46. The van der Waals surface area contributed by atoms with Gasteiger partial charge < -0.3 is 10.2 Å². The molecule has 132 valence electrons. The number of aromatic nitrogens is 2. The van der Waals surface area contributed by atoms with Crippen molar-refractivity contribution in [3.63, 3.8) is 0 Å². The van der Waals surface area contributed by atoms with Crippen molar-refractivity contribution in [3.8, 4) is 5.69 Å². The minimum Gasteiger partial charge on any atom is -0.333 e. The normalized spacial score (nSPS) is 15.6. The Hall–Kier alpha value is -2.63. The van der Waals surface area contributed by atoms with Gasteiger partial charge in [-0.2, -0.15) is 5.10 Å². The number of amides is 2. The highest BCUT2D eigenvalue weighted by Crippen LogP contribution is 2.16. The molecule has 6 nitrogen and oxygen atoms in total. The second-order valence-corrected chi connectivity index (χ2v) is 6.46. The summed E-state index contributed by atoms with van der Waals surface area (Å²) in [5, 5.41) is 7.17. The van der Waals surface area contributed by atoms with Gasteiger partial charge in [0.25, 0.3) is 0 Å². The Kier molecular flexibility index (Phi) is 5.48. The molecule has 1 N–H and O–H groups in total. The number of carbonyl (C=O) groups excluding carboxylic acids is 2. The van der Waals surface area contributed by atoms with E-state index in [1.165, 1.54) is 0 Å². The average Bonchev–Trinajstić information content (AvgIpc) is 3.01. The highest BCUT2D eigenvalue weighted by atomic mass is 16.2. The van der Waals surface area contributed by atoms with Crippen LogP contribution in [0.15, 0.2) is 36.5 Å². The van der Waals surface area contributed by atoms with Gasteiger partial charge in [0.2, 0.25) is 11.8 Å². The van der Waals surface area contributed by atoms with Crippen LogP contribution in [0.2, 0.25) is 0 Å². The SMILES string of the molecule is Cc1ccnn1-c1cccc(NC(=O)CN2CCCCCCC2=O)c1. The molecule has 3 rings (SSSR count). The molecule has 0 radical (unpaired) electrons. The van der Waals surface area contributed by atoms with Gasteiger partial charge >= 0.3 is 0 Å². The third-order valence-electron chi connectivity index (χ3n) is 4.46. The van der Waals surface area contributed by atoms with Gasteiger partial charge in [-0.05, 0) is 44.0 Å². The molecule has 0 bridgehead atoms. The lowest BCUT2D eigenvalue weighted by Gasteiger charge is -2.24. The molecule has 25 heavy (non-hydrogen) atoms. The number of carbonyl (C=O) groups is 2. The zero-order valence-corrected chi connectivity index (χ0v) is 14.6. The van der Waals surface area contributed by atoms with Crippen LogP contribution in [0.5, 0.6) is 0 Å². The van der Waals surface area contributed by atoms with E-state index in [1.54, 1.807) is 11.1 Å². The molecule has 2 heterocycles. The number of aryl methyl sites for hydroxylation is 1. The van der Waals surface area contributed by atoms with Crippen molar-refractivity contribution >= 4 is 17.5 Å². The van der Waals surface area contributed by atoms with Crippen LogP contribution >= 0.6 is 0 Å². The molecular weight excluding hydrogens is 316 g/mol. The van der Waals surface area contributed by atoms with Crippen LogP contribution in [0, 0.1) is 6.92 Å². The third kappa shape index (κ3) is 4.47. The summed E-state index contributed by atoms with van der Waals surface area (Å²) in [7, 11) is 0. The zero-order chi connectivity index (χ0) is 17.6. The molecule has 0 unspecified atom stereocenters. The Morgan fingerprint density at radius 2 is 2.04 bits per heavy atom. The summed E-state index contributed by atoms with van der Waals surface area (Å²) >= 11 is 0. The highest BCUT2D eigenvalue weighted by Gasteiger charge is 2.18. The molecule has 6 heteroatoms. The van der Waals surface area contributed by atoms with Crippen LogP contribution in [0.3, 0.4) is 0 Å². The van der Waals surface area contributed by atoms with Crippen molar-refractivity contribution in [1.82, 2.24) is 14.7 Å². The van der Waals surface area contributed by atoms with Gasteiger partial charge in [0.15, 0.2) is 0 Å². The molecule has 1 saturated heterocycles. The maximum Gasteiger partial charge on any atom is 0.243 e. The standard InChI is InChI=1S/C19H24N4O2/c1-15-10-11-20-23(15)17-8-6-7-16(13-17)21-18(24)14-22-12-5-3-2-4-9-19(22)25/h6-8,10-11,13H,2-5,9,12,14H2,1H3,(H,21,24). The van der Waals surface area contributed by atoms with Crippen LogP contribution in [0.4, 0.5) is 5.69 Å². The predicted molar refractivity (Wildman–Crippen MR) is 96.6 cm³/mol. The second kappa shape index (κ2) is 7.96. The summed E-state index contributed by atoms with van der Waals surface area (Å²) in [5.41, 5.74) is 2.62. The molecule has 0 atom stereocenters. The van der Waals surface area contributed by atoms with Gasteiger partial charge in [0.05, 0.1) is 12.2 Å². The van der Waals surface area contributed by atoms with E-state index in [1.807, 2.05) is 41.9 Å².